The van der Waals surface area contributed by atoms with Gasteiger partial charge in [0.1, 0.15) is 12.0 Å². The van der Waals surface area contributed by atoms with Gasteiger partial charge in [-0.3, -0.25) is 4.79 Å². The highest BCUT2D eigenvalue weighted by atomic mass is 35.5. The van der Waals surface area contributed by atoms with Crippen LogP contribution in [-0.4, -0.2) is 18.0 Å². The SMILES string of the molecule is CCC[C@H]1C[C@H]2C[C@@H]1[C@H](OC(=O)CCl)C2. The van der Waals surface area contributed by atoms with Crippen molar-refractivity contribution >= 4 is 17.6 Å². The van der Waals surface area contributed by atoms with Crippen LogP contribution in [0.25, 0.3) is 0 Å². The lowest BCUT2D eigenvalue weighted by Crippen LogP contribution is -2.29. The summed E-state index contributed by atoms with van der Waals surface area (Å²) in [5.74, 6) is 1.97. The molecule has 0 aromatic heterocycles. The maximum atomic E-state index is 11.2. The second-order valence-electron chi connectivity index (χ2n) is 4.95. The van der Waals surface area contributed by atoms with Gasteiger partial charge in [-0.05, 0) is 37.0 Å². The summed E-state index contributed by atoms with van der Waals surface area (Å²) in [5, 5.41) is 0. The van der Waals surface area contributed by atoms with Crippen LogP contribution in [0, 0.1) is 17.8 Å². The van der Waals surface area contributed by atoms with E-state index < -0.39 is 0 Å². The fourth-order valence-corrected chi connectivity index (χ4v) is 3.53. The fourth-order valence-electron chi connectivity index (χ4n) is 3.47. The van der Waals surface area contributed by atoms with Gasteiger partial charge in [-0.25, -0.2) is 0 Å². The average Bonchev–Trinajstić information content (AvgIpc) is 2.77. The van der Waals surface area contributed by atoms with Crippen molar-refractivity contribution < 1.29 is 9.53 Å². The third kappa shape index (κ3) is 2.30. The number of carbonyl (C=O) groups excluding carboxylic acids is 1. The first kappa shape index (κ1) is 11.3. The number of ether oxygens (including phenoxy) is 1. The predicted octanol–water partition coefficient (Wildman–Crippen LogP) is 2.98. The van der Waals surface area contributed by atoms with E-state index in [1.54, 1.807) is 0 Å². The Morgan fingerprint density at radius 1 is 1.40 bits per heavy atom. The number of hydrogen-bond donors (Lipinski definition) is 0. The van der Waals surface area contributed by atoms with Crippen molar-refractivity contribution in [2.75, 3.05) is 5.88 Å². The number of hydrogen-bond acceptors (Lipinski definition) is 2. The van der Waals surface area contributed by atoms with Gasteiger partial charge in [0, 0.05) is 0 Å². The van der Waals surface area contributed by atoms with Crippen LogP contribution in [-0.2, 0) is 9.53 Å². The lowest BCUT2D eigenvalue weighted by molar-refractivity contribution is -0.149. The van der Waals surface area contributed by atoms with Crippen LogP contribution in [0.1, 0.15) is 39.0 Å². The molecular weight excluding hydrogens is 212 g/mol. The molecule has 0 heterocycles. The van der Waals surface area contributed by atoms with Gasteiger partial charge in [-0.2, -0.15) is 0 Å². The van der Waals surface area contributed by atoms with E-state index in [1.165, 1.54) is 25.7 Å². The monoisotopic (exact) mass is 230 g/mol. The Morgan fingerprint density at radius 2 is 2.20 bits per heavy atom. The summed E-state index contributed by atoms with van der Waals surface area (Å²) in [6, 6.07) is 0. The molecule has 0 unspecified atom stereocenters. The van der Waals surface area contributed by atoms with E-state index in [2.05, 4.69) is 6.92 Å². The minimum absolute atomic E-state index is 0.00761. The van der Waals surface area contributed by atoms with E-state index in [9.17, 15) is 4.79 Å². The van der Waals surface area contributed by atoms with Crippen LogP contribution in [0.5, 0.6) is 0 Å². The smallest absolute Gasteiger partial charge is 0.321 e. The summed E-state index contributed by atoms with van der Waals surface area (Å²) in [6.07, 6.45) is 6.40. The van der Waals surface area contributed by atoms with Crippen molar-refractivity contribution in [3.05, 3.63) is 0 Å². The van der Waals surface area contributed by atoms with E-state index in [-0.39, 0.29) is 18.0 Å². The zero-order valence-electron chi connectivity index (χ0n) is 9.25. The van der Waals surface area contributed by atoms with Crippen molar-refractivity contribution in [3.63, 3.8) is 0 Å². The van der Waals surface area contributed by atoms with Crippen LogP contribution in [0.3, 0.4) is 0 Å². The highest BCUT2D eigenvalue weighted by molar-refractivity contribution is 6.26. The Morgan fingerprint density at radius 3 is 2.80 bits per heavy atom. The van der Waals surface area contributed by atoms with Gasteiger partial charge >= 0.3 is 5.97 Å². The summed E-state index contributed by atoms with van der Waals surface area (Å²) >= 11 is 5.46. The largest absolute Gasteiger partial charge is 0.461 e. The number of carbonyl (C=O) groups is 1. The Balaban J connectivity index is 1.90. The molecule has 0 N–H and O–H groups in total. The van der Waals surface area contributed by atoms with E-state index in [1.807, 2.05) is 0 Å². The number of alkyl halides is 1. The lowest BCUT2D eigenvalue weighted by Gasteiger charge is -2.28. The second kappa shape index (κ2) is 4.73. The normalized spacial score (nSPS) is 38.3. The molecule has 0 saturated heterocycles. The number of rotatable bonds is 4. The fraction of sp³-hybridized carbons (Fsp3) is 0.917. The van der Waals surface area contributed by atoms with E-state index in [0.717, 1.165) is 18.3 Å². The highest BCUT2D eigenvalue weighted by Gasteiger charge is 2.47. The van der Waals surface area contributed by atoms with Crippen molar-refractivity contribution in [2.45, 2.75) is 45.1 Å². The molecule has 86 valence electrons. The summed E-state index contributed by atoms with van der Waals surface area (Å²) in [6.45, 7) is 2.23. The quantitative estimate of drug-likeness (QED) is 0.548. The predicted molar refractivity (Wildman–Crippen MR) is 59.8 cm³/mol. The van der Waals surface area contributed by atoms with Gasteiger partial charge in [0.05, 0.1) is 0 Å². The summed E-state index contributed by atoms with van der Waals surface area (Å²) in [5.41, 5.74) is 0. The minimum atomic E-state index is -0.246. The molecule has 2 saturated carbocycles. The zero-order valence-corrected chi connectivity index (χ0v) is 10.0. The maximum absolute atomic E-state index is 11.2. The molecule has 0 amide bonds. The molecule has 0 radical (unpaired) electrons. The molecule has 2 fully saturated rings. The molecular formula is C12H19ClO2. The van der Waals surface area contributed by atoms with Gasteiger partial charge < -0.3 is 4.74 Å². The molecule has 2 nitrogen and oxygen atoms in total. The van der Waals surface area contributed by atoms with Crippen LogP contribution >= 0.6 is 11.6 Å². The second-order valence-corrected chi connectivity index (χ2v) is 5.21. The minimum Gasteiger partial charge on any atom is -0.461 e. The molecule has 0 spiro atoms. The Hall–Kier alpha value is -0.240. The molecule has 4 atom stereocenters. The van der Waals surface area contributed by atoms with E-state index >= 15 is 0 Å². The Kier molecular flexibility index (Phi) is 3.55. The molecule has 2 aliphatic carbocycles. The maximum Gasteiger partial charge on any atom is 0.321 e. The summed E-state index contributed by atoms with van der Waals surface area (Å²) < 4.78 is 5.40. The molecule has 0 aliphatic heterocycles. The Bertz CT molecular complexity index is 242. The van der Waals surface area contributed by atoms with Gasteiger partial charge in [0.2, 0.25) is 0 Å². The first-order valence-electron chi connectivity index (χ1n) is 6.00. The van der Waals surface area contributed by atoms with Crippen LogP contribution in [0.15, 0.2) is 0 Å². The third-order valence-electron chi connectivity index (χ3n) is 3.94. The third-order valence-corrected chi connectivity index (χ3v) is 4.16. The first-order chi connectivity index (χ1) is 7.24. The highest BCUT2D eigenvalue weighted by Crippen LogP contribution is 2.51. The van der Waals surface area contributed by atoms with Crippen molar-refractivity contribution in [2.24, 2.45) is 17.8 Å². The zero-order chi connectivity index (χ0) is 10.8. The molecule has 3 heteroatoms. The van der Waals surface area contributed by atoms with Crippen molar-refractivity contribution in [1.82, 2.24) is 0 Å². The van der Waals surface area contributed by atoms with Gasteiger partial charge in [-0.1, -0.05) is 19.8 Å². The molecule has 0 aromatic carbocycles. The van der Waals surface area contributed by atoms with Gasteiger partial charge in [0.25, 0.3) is 0 Å². The van der Waals surface area contributed by atoms with Crippen LogP contribution in [0.4, 0.5) is 0 Å². The summed E-state index contributed by atoms with van der Waals surface area (Å²) in [7, 11) is 0. The number of halogens is 1. The summed E-state index contributed by atoms with van der Waals surface area (Å²) in [4.78, 5) is 11.2. The average molecular weight is 231 g/mol. The standard InChI is InChI=1S/C12H19ClO2/c1-2-3-9-4-8-5-10(9)11(6-8)15-12(14)7-13/h8-11H,2-7H2,1H3/t8-,9-,10-,11+/m0/s1. The molecule has 2 rings (SSSR count). The molecule has 2 bridgehead atoms. The number of esters is 1. The van der Waals surface area contributed by atoms with Gasteiger partial charge in [-0.15, -0.1) is 11.6 Å². The van der Waals surface area contributed by atoms with E-state index in [4.69, 9.17) is 16.3 Å². The topological polar surface area (TPSA) is 26.3 Å². The molecule has 2 aliphatic rings. The van der Waals surface area contributed by atoms with Crippen molar-refractivity contribution in [3.8, 4) is 0 Å². The van der Waals surface area contributed by atoms with Crippen LogP contribution in [0.2, 0.25) is 0 Å². The van der Waals surface area contributed by atoms with Crippen molar-refractivity contribution in [1.29, 1.82) is 0 Å². The Labute approximate surface area is 96.3 Å². The molecule has 0 aromatic rings. The van der Waals surface area contributed by atoms with Crippen LogP contribution < -0.4 is 0 Å². The molecule has 15 heavy (non-hydrogen) atoms. The van der Waals surface area contributed by atoms with Gasteiger partial charge in [0.15, 0.2) is 0 Å². The lowest BCUT2D eigenvalue weighted by atomic mass is 9.84. The number of fused-ring (bicyclic) bond motifs is 2. The first-order valence-corrected chi connectivity index (χ1v) is 6.53. The van der Waals surface area contributed by atoms with E-state index in [0.29, 0.717) is 5.92 Å².